The van der Waals surface area contributed by atoms with Crippen LogP contribution in [0.1, 0.15) is 0 Å². The average Bonchev–Trinajstić information content (AvgIpc) is 3.55. The summed E-state index contributed by atoms with van der Waals surface area (Å²) in [7, 11) is 0. The highest BCUT2D eigenvalue weighted by Gasteiger charge is 2.22. The van der Waals surface area contributed by atoms with Crippen LogP contribution in [-0.2, 0) is 0 Å². The lowest BCUT2D eigenvalue weighted by atomic mass is 9.93. The van der Waals surface area contributed by atoms with Gasteiger partial charge in [-0.05, 0) is 69.8 Å². The minimum Gasteiger partial charge on any atom is -0.456 e. The summed E-state index contributed by atoms with van der Waals surface area (Å²) >= 11 is 0. The highest BCUT2D eigenvalue weighted by atomic mass is 16.3. The first-order chi connectivity index (χ1) is 23.8. The zero-order valence-corrected chi connectivity index (χ0v) is 26.1. The third kappa shape index (κ3) is 4.81. The molecule has 3 nitrogen and oxygen atoms in total. The summed E-state index contributed by atoms with van der Waals surface area (Å²) in [5, 5.41) is 4.34. The molecule has 0 saturated carbocycles. The predicted octanol–water partition coefficient (Wildman–Crippen LogP) is 12.6. The van der Waals surface area contributed by atoms with Crippen molar-refractivity contribution in [1.29, 1.82) is 0 Å². The van der Waals surface area contributed by atoms with Gasteiger partial charge in [0.1, 0.15) is 11.2 Å². The minimum absolute atomic E-state index is 0.835. The number of furan rings is 1. The maximum atomic E-state index is 6.52. The van der Waals surface area contributed by atoms with Gasteiger partial charge in [-0.15, -0.1) is 0 Å². The zero-order valence-electron chi connectivity index (χ0n) is 26.1. The third-order valence-electron chi connectivity index (χ3n) is 9.16. The topological polar surface area (TPSA) is 29.3 Å². The average molecular weight is 615 g/mol. The van der Waals surface area contributed by atoms with Crippen LogP contribution in [0, 0.1) is 0 Å². The molecular weight excluding hydrogens is 585 g/mol. The van der Waals surface area contributed by atoms with Crippen LogP contribution in [-0.4, -0.2) is 4.98 Å². The van der Waals surface area contributed by atoms with E-state index in [0.29, 0.717) is 0 Å². The highest BCUT2D eigenvalue weighted by Crippen LogP contribution is 2.46. The molecule has 226 valence electrons. The second kappa shape index (κ2) is 11.7. The Hall–Kier alpha value is -6.45. The van der Waals surface area contributed by atoms with E-state index in [4.69, 9.17) is 4.42 Å². The molecule has 2 heterocycles. The molecule has 2 aromatic heterocycles. The van der Waals surface area contributed by atoms with E-state index in [2.05, 4.69) is 168 Å². The summed E-state index contributed by atoms with van der Waals surface area (Å²) in [6.07, 6.45) is 3.85. The Balaban J connectivity index is 1.31. The summed E-state index contributed by atoms with van der Waals surface area (Å²) in [4.78, 5) is 6.93. The van der Waals surface area contributed by atoms with Crippen molar-refractivity contribution in [2.75, 3.05) is 4.90 Å². The van der Waals surface area contributed by atoms with E-state index in [1.54, 1.807) is 0 Å². The van der Waals surface area contributed by atoms with Gasteiger partial charge in [-0.1, -0.05) is 127 Å². The lowest BCUT2D eigenvalue weighted by Crippen LogP contribution is -2.11. The second-order valence-electron chi connectivity index (χ2n) is 12.0. The maximum Gasteiger partial charge on any atom is 0.138 e. The largest absolute Gasteiger partial charge is 0.456 e. The summed E-state index contributed by atoms with van der Waals surface area (Å²) < 4.78 is 6.52. The van der Waals surface area contributed by atoms with Gasteiger partial charge < -0.3 is 9.32 Å². The number of fused-ring (bicyclic) bond motifs is 5. The Labute approximate surface area is 279 Å². The molecule has 0 atom stereocenters. The van der Waals surface area contributed by atoms with Crippen LogP contribution < -0.4 is 4.90 Å². The lowest BCUT2D eigenvalue weighted by molar-refractivity contribution is 0.669. The smallest absolute Gasteiger partial charge is 0.138 e. The molecule has 0 spiro atoms. The van der Waals surface area contributed by atoms with Crippen molar-refractivity contribution in [3.63, 3.8) is 0 Å². The van der Waals surface area contributed by atoms with Gasteiger partial charge in [-0.25, -0.2) is 0 Å². The summed E-state index contributed by atoms with van der Waals surface area (Å²) in [5.41, 5.74) is 11.9. The van der Waals surface area contributed by atoms with E-state index in [0.717, 1.165) is 49.8 Å². The Kier molecular flexibility index (Phi) is 6.80. The van der Waals surface area contributed by atoms with Crippen LogP contribution in [0.25, 0.3) is 66.1 Å². The van der Waals surface area contributed by atoms with E-state index < -0.39 is 0 Å². The molecule has 3 heteroatoms. The first kappa shape index (κ1) is 27.8. The molecule has 0 N–H and O–H groups in total. The van der Waals surface area contributed by atoms with E-state index in [1.807, 2.05) is 24.5 Å². The van der Waals surface area contributed by atoms with Gasteiger partial charge in [0.15, 0.2) is 0 Å². The molecule has 0 aliphatic carbocycles. The van der Waals surface area contributed by atoms with E-state index in [1.165, 1.54) is 33.4 Å². The molecule has 0 saturated heterocycles. The number of aromatic nitrogens is 1. The van der Waals surface area contributed by atoms with Gasteiger partial charge in [0, 0.05) is 51.4 Å². The van der Waals surface area contributed by atoms with E-state index in [9.17, 15) is 0 Å². The van der Waals surface area contributed by atoms with Crippen LogP contribution in [0.2, 0.25) is 0 Å². The van der Waals surface area contributed by atoms with Gasteiger partial charge in [0.2, 0.25) is 0 Å². The van der Waals surface area contributed by atoms with Crippen molar-refractivity contribution < 1.29 is 4.42 Å². The molecule has 0 aliphatic heterocycles. The number of anilines is 3. The second-order valence-corrected chi connectivity index (χ2v) is 12.0. The normalized spacial score (nSPS) is 11.3. The number of para-hydroxylation sites is 1. The van der Waals surface area contributed by atoms with Crippen molar-refractivity contribution in [3.05, 3.63) is 182 Å². The summed E-state index contributed by atoms with van der Waals surface area (Å²) in [6.45, 7) is 0. The molecule has 9 aromatic rings. The molecule has 0 radical (unpaired) electrons. The van der Waals surface area contributed by atoms with Crippen molar-refractivity contribution in [2.24, 2.45) is 0 Å². The number of nitrogens with zero attached hydrogens (tertiary/aromatic N) is 2. The Morgan fingerprint density at radius 1 is 0.417 bits per heavy atom. The first-order valence-corrected chi connectivity index (χ1v) is 16.2. The van der Waals surface area contributed by atoms with Crippen molar-refractivity contribution in [2.45, 2.75) is 0 Å². The number of pyridine rings is 1. The van der Waals surface area contributed by atoms with Crippen LogP contribution in [0.3, 0.4) is 0 Å². The van der Waals surface area contributed by atoms with Gasteiger partial charge in [0.05, 0.1) is 5.69 Å². The van der Waals surface area contributed by atoms with Crippen LogP contribution in [0.5, 0.6) is 0 Å². The number of benzene rings is 7. The number of hydrogen-bond donors (Lipinski definition) is 0. The molecule has 7 aromatic carbocycles. The number of rotatable bonds is 6. The SMILES string of the molecule is c1ccc(-c2ccc(N(c3ccc(-c4ccccc4)c(-c4ccccc4)c3)c3cc4oc5ccccc5c4c4cnccc34)cc2)cc1. The fourth-order valence-electron chi connectivity index (χ4n) is 6.91. The number of hydrogen-bond acceptors (Lipinski definition) is 3. The quantitative estimate of drug-likeness (QED) is 0.187. The molecule has 0 unspecified atom stereocenters. The van der Waals surface area contributed by atoms with E-state index >= 15 is 0 Å². The van der Waals surface area contributed by atoms with Crippen molar-refractivity contribution in [3.8, 4) is 33.4 Å². The predicted molar refractivity (Wildman–Crippen MR) is 200 cm³/mol. The van der Waals surface area contributed by atoms with Crippen molar-refractivity contribution >= 4 is 49.8 Å². The monoisotopic (exact) mass is 614 g/mol. The fraction of sp³-hybridized carbons (Fsp3) is 0. The van der Waals surface area contributed by atoms with Crippen molar-refractivity contribution in [1.82, 2.24) is 4.98 Å². The molecule has 9 rings (SSSR count). The standard InChI is InChI=1S/C45H30N2O/c1-4-12-31(13-5-1)32-20-22-35(23-21-32)47(36-24-25-37(33-14-6-2-7-15-33)40(28-36)34-16-8-3-9-17-34)42-29-44-45(41-30-46-27-26-38(41)42)39-18-10-11-19-43(39)48-44/h1-30H. The molecule has 0 bridgehead atoms. The Morgan fingerprint density at radius 3 is 1.75 bits per heavy atom. The molecule has 0 aliphatic rings. The van der Waals surface area contributed by atoms with Crippen LogP contribution in [0.4, 0.5) is 17.1 Å². The van der Waals surface area contributed by atoms with Crippen LogP contribution in [0.15, 0.2) is 187 Å². The van der Waals surface area contributed by atoms with Crippen LogP contribution >= 0.6 is 0 Å². The summed E-state index contributed by atoms with van der Waals surface area (Å²) in [5.74, 6) is 0. The molecule has 0 amide bonds. The van der Waals surface area contributed by atoms with E-state index in [-0.39, 0.29) is 0 Å². The van der Waals surface area contributed by atoms with Gasteiger partial charge in [-0.3, -0.25) is 4.98 Å². The Morgan fingerprint density at radius 2 is 1.02 bits per heavy atom. The Bertz CT molecular complexity index is 2540. The summed E-state index contributed by atoms with van der Waals surface area (Å²) in [6, 6.07) is 60.0. The lowest BCUT2D eigenvalue weighted by Gasteiger charge is -2.28. The van der Waals surface area contributed by atoms with Gasteiger partial charge >= 0.3 is 0 Å². The fourth-order valence-corrected chi connectivity index (χ4v) is 6.91. The zero-order chi connectivity index (χ0) is 31.9. The minimum atomic E-state index is 0.835. The van der Waals surface area contributed by atoms with Gasteiger partial charge in [0.25, 0.3) is 0 Å². The first-order valence-electron chi connectivity index (χ1n) is 16.2. The third-order valence-corrected chi connectivity index (χ3v) is 9.16. The molecular formula is C45H30N2O. The maximum absolute atomic E-state index is 6.52. The molecule has 48 heavy (non-hydrogen) atoms. The highest BCUT2D eigenvalue weighted by molar-refractivity contribution is 6.22. The van der Waals surface area contributed by atoms with Gasteiger partial charge in [-0.2, -0.15) is 0 Å². The molecule has 0 fully saturated rings.